The zero-order valence-electron chi connectivity index (χ0n) is 7.10. The van der Waals surface area contributed by atoms with Gasteiger partial charge in [-0.2, -0.15) is 13.2 Å². The highest BCUT2D eigenvalue weighted by Gasteiger charge is 2.35. The predicted octanol–water partition coefficient (Wildman–Crippen LogP) is 2.14. The van der Waals surface area contributed by atoms with E-state index in [9.17, 15) is 13.2 Å². The van der Waals surface area contributed by atoms with Crippen molar-refractivity contribution in [1.29, 1.82) is 0 Å². The van der Waals surface area contributed by atoms with Gasteiger partial charge in [-0.25, -0.2) is 0 Å². The molecule has 0 rings (SSSR count). The van der Waals surface area contributed by atoms with Crippen LogP contribution in [-0.4, -0.2) is 27.0 Å². The highest BCUT2D eigenvalue weighted by Crippen LogP contribution is 2.30. The molecule has 0 aromatic heterocycles. The van der Waals surface area contributed by atoms with Crippen LogP contribution < -0.4 is 0 Å². The van der Waals surface area contributed by atoms with Crippen molar-refractivity contribution < 1.29 is 13.2 Å². The van der Waals surface area contributed by atoms with E-state index >= 15 is 0 Å². The maximum absolute atomic E-state index is 12.2. The Labute approximate surface area is 75.7 Å². The van der Waals surface area contributed by atoms with Gasteiger partial charge in [0.25, 0.3) is 0 Å². The van der Waals surface area contributed by atoms with Crippen molar-refractivity contribution in [1.82, 2.24) is 0 Å². The molecule has 0 aliphatic rings. The monoisotopic (exact) mass is 188 g/mol. The lowest BCUT2D eigenvalue weighted by Crippen LogP contribution is -2.12. The zero-order chi connectivity index (χ0) is 10.5. The van der Waals surface area contributed by atoms with Gasteiger partial charge in [0.15, 0.2) is 5.70 Å². The standard InChI is InChI=1S/C7H8BF3N2/c1-3-13-6(7(9,10)11)5(4-8)12-2/h3H,2,4H2,1H3/b6-5-,13-3?. The summed E-state index contributed by atoms with van der Waals surface area (Å²) in [5.74, 6) is 0. The Kier molecular flexibility index (Phi) is 4.44. The first-order valence-corrected chi connectivity index (χ1v) is 3.43. The summed E-state index contributed by atoms with van der Waals surface area (Å²) in [6.45, 7) is 4.36. The van der Waals surface area contributed by atoms with E-state index in [1.165, 1.54) is 6.92 Å². The molecular formula is C7H8BF3N2. The van der Waals surface area contributed by atoms with Crippen LogP contribution >= 0.6 is 0 Å². The smallest absolute Gasteiger partial charge is 0.268 e. The van der Waals surface area contributed by atoms with Gasteiger partial charge < -0.3 is 0 Å². The third kappa shape index (κ3) is 3.44. The van der Waals surface area contributed by atoms with E-state index in [4.69, 9.17) is 7.85 Å². The quantitative estimate of drug-likeness (QED) is 0.478. The molecule has 0 saturated carbocycles. The Hall–Kier alpha value is -1.07. The minimum absolute atomic E-state index is 0.338. The maximum atomic E-state index is 12.2. The molecule has 2 nitrogen and oxygen atoms in total. The Morgan fingerprint density at radius 3 is 2.31 bits per heavy atom. The van der Waals surface area contributed by atoms with E-state index < -0.39 is 11.9 Å². The Morgan fingerprint density at radius 1 is 1.54 bits per heavy atom. The second-order valence-electron chi connectivity index (χ2n) is 2.04. The molecule has 0 aliphatic heterocycles. The molecule has 0 heterocycles. The number of aliphatic imine (C=N–C) groups is 2. The Bertz CT molecular complexity index is 243. The van der Waals surface area contributed by atoms with Crippen LogP contribution in [0.2, 0.25) is 6.32 Å². The van der Waals surface area contributed by atoms with Crippen molar-refractivity contribution >= 4 is 20.8 Å². The van der Waals surface area contributed by atoms with Gasteiger partial charge in [-0.1, -0.05) is 0 Å². The van der Waals surface area contributed by atoms with E-state index in [0.29, 0.717) is 0 Å². The molecule has 0 aromatic rings. The lowest BCUT2D eigenvalue weighted by atomic mass is 10.0. The minimum Gasteiger partial charge on any atom is -0.268 e. The van der Waals surface area contributed by atoms with Crippen LogP contribution in [0.25, 0.3) is 0 Å². The van der Waals surface area contributed by atoms with Gasteiger partial charge in [0.2, 0.25) is 0 Å². The van der Waals surface area contributed by atoms with Crippen molar-refractivity contribution in [3.05, 3.63) is 11.4 Å². The van der Waals surface area contributed by atoms with E-state index in [-0.39, 0.29) is 12.0 Å². The van der Waals surface area contributed by atoms with Crippen LogP contribution in [0.4, 0.5) is 13.2 Å². The SMILES string of the molecule is [B]C/C(N=C)=C(/N=CC)C(F)(F)F. The summed E-state index contributed by atoms with van der Waals surface area (Å²) in [7, 11) is 5.05. The fourth-order valence-corrected chi connectivity index (χ4v) is 0.677. The zero-order valence-corrected chi connectivity index (χ0v) is 7.10. The van der Waals surface area contributed by atoms with Crippen molar-refractivity contribution in [2.24, 2.45) is 9.98 Å². The molecule has 0 spiro atoms. The largest absolute Gasteiger partial charge is 0.435 e. The van der Waals surface area contributed by atoms with Crippen LogP contribution in [0.1, 0.15) is 6.92 Å². The van der Waals surface area contributed by atoms with Crippen molar-refractivity contribution in [2.75, 3.05) is 0 Å². The lowest BCUT2D eigenvalue weighted by Gasteiger charge is -2.09. The summed E-state index contributed by atoms with van der Waals surface area (Å²) < 4.78 is 36.6. The molecule has 70 valence electrons. The molecular weight excluding hydrogens is 180 g/mol. The van der Waals surface area contributed by atoms with E-state index in [1.807, 2.05) is 0 Å². The molecule has 0 bridgehead atoms. The molecule has 0 aliphatic carbocycles. The topological polar surface area (TPSA) is 24.7 Å². The van der Waals surface area contributed by atoms with E-state index in [0.717, 1.165) is 6.21 Å². The molecule has 0 saturated heterocycles. The van der Waals surface area contributed by atoms with E-state index in [2.05, 4.69) is 16.7 Å². The summed E-state index contributed by atoms with van der Waals surface area (Å²) in [5.41, 5.74) is -1.45. The second-order valence-corrected chi connectivity index (χ2v) is 2.04. The molecule has 13 heavy (non-hydrogen) atoms. The molecule has 0 N–H and O–H groups in total. The molecule has 2 radical (unpaired) electrons. The maximum Gasteiger partial charge on any atom is 0.435 e. The Morgan fingerprint density at radius 2 is 2.08 bits per heavy atom. The molecule has 0 atom stereocenters. The van der Waals surface area contributed by atoms with Gasteiger partial charge in [0.1, 0.15) is 0 Å². The molecule has 6 heteroatoms. The highest BCUT2D eigenvalue weighted by molar-refractivity contribution is 6.10. The summed E-state index contributed by atoms with van der Waals surface area (Å²) in [6, 6.07) is 0. The fourth-order valence-electron chi connectivity index (χ4n) is 0.677. The number of nitrogens with zero attached hydrogens (tertiary/aromatic N) is 2. The van der Waals surface area contributed by atoms with Crippen LogP contribution in [0.5, 0.6) is 0 Å². The van der Waals surface area contributed by atoms with Crippen LogP contribution in [0.15, 0.2) is 21.4 Å². The number of allylic oxidation sites excluding steroid dienone is 2. The van der Waals surface area contributed by atoms with E-state index in [1.54, 1.807) is 0 Å². The summed E-state index contributed by atoms with van der Waals surface area (Å²) in [5, 5.41) is 0. The van der Waals surface area contributed by atoms with Gasteiger partial charge in [0.05, 0.1) is 13.5 Å². The fraction of sp³-hybridized carbons (Fsp3) is 0.429. The molecule has 0 fully saturated rings. The number of alkyl halides is 3. The summed E-state index contributed by atoms with van der Waals surface area (Å²) >= 11 is 0. The number of hydrogen-bond acceptors (Lipinski definition) is 2. The second kappa shape index (κ2) is 4.84. The van der Waals surface area contributed by atoms with Gasteiger partial charge in [-0.3, -0.25) is 9.98 Å². The summed E-state index contributed by atoms with van der Waals surface area (Å²) in [4.78, 5) is 6.32. The van der Waals surface area contributed by atoms with Crippen LogP contribution in [0.3, 0.4) is 0 Å². The average molecular weight is 188 g/mol. The van der Waals surface area contributed by atoms with Crippen molar-refractivity contribution in [2.45, 2.75) is 19.4 Å². The van der Waals surface area contributed by atoms with Crippen molar-refractivity contribution in [3.8, 4) is 0 Å². The highest BCUT2D eigenvalue weighted by atomic mass is 19.4. The number of rotatable bonds is 3. The lowest BCUT2D eigenvalue weighted by molar-refractivity contribution is -0.0931. The molecule has 0 unspecified atom stereocenters. The van der Waals surface area contributed by atoms with Crippen molar-refractivity contribution in [3.63, 3.8) is 0 Å². The van der Waals surface area contributed by atoms with Gasteiger partial charge >= 0.3 is 6.18 Å². The first kappa shape index (κ1) is 11.9. The first-order valence-electron chi connectivity index (χ1n) is 3.43. The van der Waals surface area contributed by atoms with Gasteiger partial charge in [-0.05, 0) is 20.0 Å². The molecule has 0 amide bonds. The van der Waals surface area contributed by atoms with Gasteiger partial charge in [-0.15, -0.1) is 0 Å². The predicted molar refractivity (Wildman–Crippen MR) is 47.4 cm³/mol. The number of hydrogen-bond donors (Lipinski definition) is 0. The average Bonchev–Trinajstić information content (AvgIpc) is 2.03. The summed E-state index contributed by atoms with van der Waals surface area (Å²) in [6.07, 6.45) is -3.85. The first-order chi connectivity index (χ1) is 5.97. The third-order valence-corrected chi connectivity index (χ3v) is 1.18. The minimum atomic E-state index is -4.54. The number of halogens is 3. The van der Waals surface area contributed by atoms with Crippen LogP contribution in [0, 0.1) is 0 Å². The van der Waals surface area contributed by atoms with Gasteiger partial charge in [0, 0.05) is 6.21 Å². The third-order valence-electron chi connectivity index (χ3n) is 1.18. The normalized spacial score (nSPS) is 14.5. The Balaban J connectivity index is 5.21. The van der Waals surface area contributed by atoms with Crippen LogP contribution in [-0.2, 0) is 0 Å². The molecule has 0 aromatic carbocycles.